The SMILES string of the molecule is CNCc1cc(F)cc(SCCO)c1. The molecular weight excluding hydrogens is 201 g/mol. The molecule has 0 aliphatic rings. The lowest BCUT2D eigenvalue weighted by Crippen LogP contribution is -2.05. The summed E-state index contributed by atoms with van der Waals surface area (Å²) in [4.78, 5) is 0.865. The summed E-state index contributed by atoms with van der Waals surface area (Å²) in [5.41, 5.74) is 0.924. The van der Waals surface area contributed by atoms with Crippen molar-refractivity contribution in [2.75, 3.05) is 19.4 Å². The number of halogens is 1. The lowest BCUT2D eigenvalue weighted by molar-refractivity contribution is 0.322. The summed E-state index contributed by atoms with van der Waals surface area (Å²) in [6.07, 6.45) is 0. The molecule has 0 radical (unpaired) electrons. The number of thioether (sulfide) groups is 1. The van der Waals surface area contributed by atoms with E-state index in [0.717, 1.165) is 10.5 Å². The molecule has 78 valence electrons. The third-order valence-electron chi connectivity index (χ3n) is 1.67. The number of aliphatic hydroxyl groups excluding tert-OH is 1. The van der Waals surface area contributed by atoms with Crippen LogP contribution in [0.5, 0.6) is 0 Å². The van der Waals surface area contributed by atoms with Crippen molar-refractivity contribution in [3.63, 3.8) is 0 Å². The van der Waals surface area contributed by atoms with Gasteiger partial charge in [-0.05, 0) is 30.8 Å². The molecule has 2 nitrogen and oxygen atoms in total. The zero-order valence-corrected chi connectivity index (χ0v) is 8.90. The summed E-state index contributed by atoms with van der Waals surface area (Å²) in [7, 11) is 1.82. The van der Waals surface area contributed by atoms with Crippen LogP contribution in [0.3, 0.4) is 0 Å². The molecule has 4 heteroatoms. The van der Waals surface area contributed by atoms with Crippen molar-refractivity contribution in [1.29, 1.82) is 0 Å². The molecule has 0 aliphatic heterocycles. The van der Waals surface area contributed by atoms with Crippen LogP contribution in [0.25, 0.3) is 0 Å². The highest BCUT2D eigenvalue weighted by molar-refractivity contribution is 7.99. The first-order valence-electron chi connectivity index (χ1n) is 4.44. The molecule has 14 heavy (non-hydrogen) atoms. The molecule has 0 saturated heterocycles. The van der Waals surface area contributed by atoms with Gasteiger partial charge in [0.05, 0.1) is 6.61 Å². The normalized spacial score (nSPS) is 10.5. The van der Waals surface area contributed by atoms with E-state index in [1.54, 1.807) is 0 Å². The second-order valence-electron chi connectivity index (χ2n) is 2.90. The number of hydrogen-bond acceptors (Lipinski definition) is 3. The third kappa shape index (κ3) is 3.65. The van der Waals surface area contributed by atoms with E-state index in [1.165, 1.54) is 23.9 Å². The van der Waals surface area contributed by atoms with Crippen LogP contribution in [-0.4, -0.2) is 24.5 Å². The number of hydrogen-bond donors (Lipinski definition) is 2. The predicted molar refractivity (Wildman–Crippen MR) is 57.0 cm³/mol. The van der Waals surface area contributed by atoms with Crippen molar-refractivity contribution < 1.29 is 9.50 Å². The highest BCUT2D eigenvalue weighted by atomic mass is 32.2. The molecule has 1 rings (SSSR count). The first-order chi connectivity index (χ1) is 6.76. The van der Waals surface area contributed by atoms with E-state index in [-0.39, 0.29) is 12.4 Å². The highest BCUT2D eigenvalue weighted by Gasteiger charge is 2.00. The Morgan fingerprint density at radius 3 is 2.86 bits per heavy atom. The Bertz CT molecular complexity index is 293. The van der Waals surface area contributed by atoms with Crippen molar-refractivity contribution >= 4 is 11.8 Å². The van der Waals surface area contributed by atoms with Crippen LogP contribution in [0.1, 0.15) is 5.56 Å². The maximum atomic E-state index is 13.1. The molecule has 0 saturated carbocycles. The van der Waals surface area contributed by atoms with E-state index in [1.807, 2.05) is 13.1 Å². The molecule has 1 aromatic rings. The van der Waals surface area contributed by atoms with Gasteiger partial charge in [0.15, 0.2) is 0 Å². The topological polar surface area (TPSA) is 32.3 Å². The molecule has 0 aromatic heterocycles. The van der Waals surface area contributed by atoms with Gasteiger partial charge >= 0.3 is 0 Å². The Morgan fingerprint density at radius 2 is 2.21 bits per heavy atom. The minimum atomic E-state index is -0.224. The van der Waals surface area contributed by atoms with E-state index >= 15 is 0 Å². The van der Waals surface area contributed by atoms with Crippen molar-refractivity contribution in [3.05, 3.63) is 29.6 Å². The second kappa shape index (κ2) is 6.01. The van der Waals surface area contributed by atoms with Crippen molar-refractivity contribution in [2.24, 2.45) is 0 Å². The van der Waals surface area contributed by atoms with Crippen LogP contribution in [0.4, 0.5) is 4.39 Å². The van der Waals surface area contributed by atoms with Gasteiger partial charge in [-0.25, -0.2) is 4.39 Å². The maximum absolute atomic E-state index is 13.1. The van der Waals surface area contributed by atoms with E-state index < -0.39 is 0 Å². The smallest absolute Gasteiger partial charge is 0.124 e. The minimum absolute atomic E-state index is 0.114. The Morgan fingerprint density at radius 1 is 1.43 bits per heavy atom. The van der Waals surface area contributed by atoms with Gasteiger partial charge in [-0.1, -0.05) is 0 Å². The lowest BCUT2D eigenvalue weighted by atomic mass is 10.2. The molecule has 0 unspecified atom stereocenters. The van der Waals surface area contributed by atoms with Crippen LogP contribution >= 0.6 is 11.8 Å². The maximum Gasteiger partial charge on any atom is 0.124 e. The number of nitrogens with one attached hydrogen (secondary N) is 1. The molecule has 2 N–H and O–H groups in total. The molecule has 1 aromatic carbocycles. The fourth-order valence-electron chi connectivity index (χ4n) is 1.17. The van der Waals surface area contributed by atoms with Crippen molar-refractivity contribution in [3.8, 4) is 0 Å². The fourth-order valence-corrected chi connectivity index (χ4v) is 1.93. The fraction of sp³-hybridized carbons (Fsp3) is 0.400. The average Bonchev–Trinajstić information content (AvgIpc) is 2.14. The Kier molecular flexibility index (Phi) is 4.93. The second-order valence-corrected chi connectivity index (χ2v) is 4.07. The molecular formula is C10H14FNOS. The molecule has 0 amide bonds. The van der Waals surface area contributed by atoms with E-state index in [2.05, 4.69) is 5.32 Å². The van der Waals surface area contributed by atoms with Crippen LogP contribution < -0.4 is 5.32 Å². The highest BCUT2D eigenvalue weighted by Crippen LogP contribution is 2.20. The lowest BCUT2D eigenvalue weighted by Gasteiger charge is -2.04. The first kappa shape index (κ1) is 11.5. The van der Waals surface area contributed by atoms with Crippen LogP contribution in [-0.2, 0) is 6.54 Å². The van der Waals surface area contributed by atoms with Crippen LogP contribution in [0.15, 0.2) is 23.1 Å². The summed E-state index contributed by atoms with van der Waals surface area (Å²) in [5.74, 6) is 0.376. The molecule has 0 bridgehead atoms. The summed E-state index contributed by atoms with van der Waals surface area (Å²) >= 11 is 1.46. The van der Waals surface area contributed by atoms with Gasteiger partial charge in [0.2, 0.25) is 0 Å². The average molecular weight is 215 g/mol. The molecule has 0 aliphatic carbocycles. The quantitative estimate of drug-likeness (QED) is 0.732. The van der Waals surface area contributed by atoms with Gasteiger partial charge in [0.1, 0.15) is 5.82 Å². The molecule has 0 heterocycles. The van der Waals surface area contributed by atoms with E-state index in [4.69, 9.17) is 5.11 Å². The number of benzene rings is 1. The first-order valence-corrected chi connectivity index (χ1v) is 5.42. The zero-order chi connectivity index (χ0) is 10.4. The Labute approximate surface area is 87.5 Å². The predicted octanol–water partition coefficient (Wildman–Crippen LogP) is 1.63. The monoisotopic (exact) mass is 215 g/mol. The van der Waals surface area contributed by atoms with Gasteiger partial charge in [0.25, 0.3) is 0 Å². The van der Waals surface area contributed by atoms with Gasteiger partial charge < -0.3 is 10.4 Å². The zero-order valence-electron chi connectivity index (χ0n) is 8.09. The molecule has 0 fully saturated rings. The summed E-state index contributed by atoms with van der Waals surface area (Å²) in [5, 5.41) is 11.6. The summed E-state index contributed by atoms with van der Waals surface area (Å²) < 4.78 is 13.1. The van der Waals surface area contributed by atoms with Gasteiger partial charge in [0, 0.05) is 17.2 Å². The summed E-state index contributed by atoms with van der Waals surface area (Å²) in [6.45, 7) is 0.771. The standard InChI is InChI=1S/C10H14FNOS/c1-12-7-8-4-9(11)6-10(5-8)14-3-2-13/h4-6,12-13H,2-3,7H2,1H3. The number of rotatable bonds is 5. The van der Waals surface area contributed by atoms with Crippen molar-refractivity contribution in [1.82, 2.24) is 5.32 Å². The van der Waals surface area contributed by atoms with Crippen LogP contribution in [0, 0.1) is 5.82 Å². The minimum Gasteiger partial charge on any atom is -0.396 e. The van der Waals surface area contributed by atoms with Crippen molar-refractivity contribution in [2.45, 2.75) is 11.4 Å². The van der Waals surface area contributed by atoms with Gasteiger partial charge in [-0.3, -0.25) is 0 Å². The molecule has 0 atom stereocenters. The largest absolute Gasteiger partial charge is 0.396 e. The van der Waals surface area contributed by atoms with E-state index in [0.29, 0.717) is 12.3 Å². The Hall–Kier alpha value is -0.580. The number of aliphatic hydroxyl groups is 1. The molecule has 0 spiro atoms. The Balaban J connectivity index is 2.73. The van der Waals surface area contributed by atoms with Gasteiger partial charge in [-0.2, -0.15) is 0 Å². The summed E-state index contributed by atoms with van der Waals surface area (Å²) in [6, 6.07) is 4.93. The van der Waals surface area contributed by atoms with E-state index in [9.17, 15) is 4.39 Å². The third-order valence-corrected chi connectivity index (χ3v) is 2.63. The van der Waals surface area contributed by atoms with Crippen LogP contribution in [0.2, 0.25) is 0 Å². The van der Waals surface area contributed by atoms with Gasteiger partial charge in [-0.15, -0.1) is 11.8 Å².